The normalized spacial score (nSPS) is 17.6. The smallest absolute Gasteiger partial charge is 0.223 e. The highest BCUT2D eigenvalue weighted by Crippen LogP contribution is 2.34. The summed E-state index contributed by atoms with van der Waals surface area (Å²) in [4.78, 5) is 14.8. The summed E-state index contributed by atoms with van der Waals surface area (Å²) in [6, 6.07) is 18.5. The van der Waals surface area contributed by atoms with Crippen molar-refractivity contribution >= 4 is 5.91 Å². The van der Waals surface area contributed by atoms with Crippen molar-refractivity contribution in [1.82, 2.24) is 4.90 Å². The molecule has 2 aromatic rings. The lowest BCUT2D eigenvalue weighted by molar-refractivity contribution is -0.133. The van der Waals surface area contributed by atoms with Crippen LogP contribution in [0, 0.1) is 0 Å². The Hall–Kier alpha value is -2.13. The summed E-state index contributed by atoms with van der Waals surface area (Å²) in [6.45, 7) is 2.67. The molecule has 2 atom stereocenters. The van der Waals surface area contributed by atoms with Crippen LogP contribution in [0.1, 0.15) is 48.8 Å². The lowest BCUT2D eigenvalue weighted by Crippen LogP contribution is -2.37. The first-order chi connectivity index (χ1) is 12.1. The van der Waals surface area contributed by atoms with Gasteiger partial charge >= 0.3 is 0 Å². The molecule has 0 aromatic heterocycles. The van der Waals surface area contributed by atoms with Crippen LogP contribution < -0.4 is 0 Å². The topological polar surface area (TPSA) is 40.5 Å². The summed E-state index contributed by atoms with van der Waals surface area (Å²) in [7, 11) is 0. The van der Waals surface area contributed by atoms with Crippen molar-refractivity contribution in [2.75, 3.05) is 6.54 Å². The minimum absolute atomic E-state index is 0.131. The molecule has 3 rings (SSSR count). The number of hydrogen-bond donors (Lipinski definition) is 1. The van der Waals surface area contributed by atoms with E-state index in [4.69, 9.17) is 0 Å². The lowest BCUT2D eigenvalue weighted by atomic mass is 9.81. The largest absolute Gasteiger partial charge is 0.392 e. The van der Waals surface area contributed by atoms with E-state index in [1.54, 1.807) is 11.8 Å². The van der Waals surface area contributed by atoms with Crippen LogP contribution in [0.2, 0.25) is 0 Å². The Balaban J connectivity index is 1.72. The zero-order chi connectivity index (χ0) is 17.6. The molecule has 0 radical (unpaired) electrons. The number of nitrogens with zero attached hydrogens (tertiary/aromatic N) is 1. The van der Waals surface area contributed by atoms with Crippen LogP contribution in [0.25, 0.3) is 0 Å². The van der Waals surface area contributed by atoms with E-state index >= 15 is 0 Å². The van der Waals surface area contributed by atoms with Gasteiger partial charge in [0.1, 0.15) is 0 Å². The van der Waals surface area contributed by atoms with Crippen molar-refractivity contribution in [3.05, 3.63) is 71.3 Å². The summed E-state index contributed by atoms with van der Waals surface area (Å²) >= 11 is 0. The highest BCUT2D eigenvalue weighted by Gasteiger charge is 2.25. The molecule has 0 spiro atoms. The quantitative estimate of drug-likeness (QED) is 0.868. The number of hydrogen-bond acceptors (Lipinski definition) is 2. The highest BCUT2D eigenvalue weighted by atomic mass is 16.3. The third kappa shape index (κ3) is 4.70. The van der Waals surface area contributed by atoms with E-state index in [0.717, 1.165) is 24.8 Å². The Bertz CT molecular complexity index is 696. The second-order valence-corrected chi connectivity index (χ2v) is 7.10. The molecule has 2 unspecified atom stereocenters. The first-order valence-corrected chi connectivity index (χ1v) is 9.21. The maximum absolute atomic E-state index is 13.0. The molecule has 0 bridgehead atoms. The van der Waals surface area contributed by atoms with Gasteiger partial charge in [0.25, 0.3) is 0 Å². The van der Waals surface area contributed by atoms with Crippen molar-refractivity contribution in [1.29, 1.82) is 0 Å². The molecule has 1 N–H and O–H groups in total. The number of aryl methyl sites for hydroxylation is 1. The van der Waals surface area contributed by atoms with E-state index < -0.39 is 6.10 Å². The summed E-state index contributed by atoms with van der Waals surface area (Å²) in [5.41, 5.74) is 3.82. The van der Waals surface area contributed by atoms with E-state index in [9.17, 15) is 9.90 Å². The van der Waals surface area contributed by atoms with E-state index in [0.29, 0.717) is 25.4 Å². The molecule has 3 nitrogen and oxygen atoms in total. The Morgan fingerprint density at radius 1 is 1.16 bits per heavy atom. The average Bonchev–Trinajstić information content (AvgIpc) is 2.62. The van der Waals surface area contributed by atoms with Gasteiger partial charge in [-0.15, -0.1) is 0 Å². The summed E-state index contributed by atoms with van der Waals surface area (Å²) in [5, 5.41) is 9.82. The van der Waals surface area contributed by atoms with Gasteiger partial charge in [-0.2, -0.15) is 0 Å². The third-order valence-electron chi connectivity index (χ3n) is 4.97. The number of aliphatic hydroxyl groups is 1. The number of aliphatic hydroxyl groups excluding tert-OH is 1. The standard InChI is InChI=1S/C22H27NO2/c1-17(24)15-23(16-18-8-3-2-4-9-18)22(25)14-20-12-7-11-19-10-5-6-13-21(19)20/h2-6,8-10,13,17,20,24H,7,11-12,14-16H2,1H3. The predicted octanol–water partition coefficient (Wildman–Crippen LogP) is 3.91. The van der Waals surface area contributed by atoms with Crippen LogP contribution in [-0.2, 0) is 17.8 Å². The molecule has 0 heterocycles. The molecular weight excluding hydrogens is 310 g/mol. The minimum atomic E-state index is -0.522. The van der Waals surface area contributed by atoms with Gasteiger partial charge in [0.15, 0.2) is 0 Å². The summed E-state index contributed by atoms with van der Waals surface area (Å²) in [5.74, 6) is 0.427. The van der Waals surface area contributed by atoms with Gasteiger partial charge in [0, 0.05) is 19.5 Å². The van der Waals surface area contributed by atoms with Crippen LogP contribution in [0.3, 0.4) is 0 Å². The molecule has 0 saturated heterocycles. The van der Waals surface area contributed by atoms with Crippen molar-refractivity contribution in [3.8, 4) is 0 Å². The fourth-order valence-electron chi connectivity index (χ4n) is 3.78. The van der Waals surface area contributed by atoms with E-state index in [-0.39, 0.29) is 5.91 Å². The molecule has 1 aliphatic carbocycles. The van der Waals surface area contributed by atoms with Gasteiger partial charge in [-0.05, 0) is 48.8 Å². The molecule has 1 aliphatic rings. The first kappa shape index (κ1) is 17.7. The monoisotopic (exact) mass is 337 g/mol. The predicted molar refractivity (Wildman–Crippen MR) is 100 cm³/mol. The molecular formula is C22H27NO2. The van der Waals surface area contributed by atoms with E-state index in [1.165, 1.54) is 11.1 Å². The Labute approximate surface area is 150 Å². The zero-order valence-corrected chi connectivity index (χ0v) is 14.9. The van der Waals surface area contributed by atoms with Gasteiger partial charge in [0.05, 0.1) is 6.10 Å². The highest BCUT2D eigenvalue weighted by molar-refractivity contribution is 5.77. The molecule has 1 amide bonds. The summed E-state index contributed by atoms with van der Waals surface area (Å²) in [6.07, 6.45) is 3.32. The van der Waals surface area contributed by atoms with Crippen LogP contribution in [0.5, 0.6) is 0 Å². The van der Waals surface area contributed by atoms with E-state index in [1.807, 2.05) is 30.3 Å². The van der Waals surface area contributed by atoms with E-state index in [2.05, 4.69) is 24.3 Å². The molecule has 2 aromatic carbocycles. The molecule has 0 saturated carbocycles. The third-order valence-corrected chi connectivity index (χ3v) is 4.97. The number of benzene rings is 2. The van der Waals surface area contributed by atoms with Crippen LogP contribution in [0.4, 0.5) is 0 Å². The molecule has 0 aliphatic heterocycles. The number of amides is 1. The first-order valence-electron chi connectivity index (χ1n) is 9.21. The fraction of sp³-hybridized carbons (Fsp3) is 0.409. The second kappa shape index (κ2) is 8.30. The maximum atomic E-state index is 13.0. The number of fused-ring (bicyclic) bond motifs is 1. The minimum Gasteiger partial charge on any atom is -0.392 e. The van der Waals surface area contributed by atoms with Crippen molar-refractivity contribution in [2.24, 2.45) is 0 Å². The number of rotatable bonds is 6. The number of carbonyl (C=O) groups excluding carboxylic acids is 1. The van der Waals surface area contributed by atoms with Crippen molar-refractivity contribution in [3.63, 3.8) is 0 Å². The SMILES string of the molecule is CC(O)CN(Cc1ccccc1)C(=O)CC1CCCc2ccccc21. The van der Waals surface area contributed by atoms with Crippen molar-refractivity contribution in [2.45, 2.75) is 51.2 Å². The maximum Gasteiger partial charge on any atom is 0.223 e. The summed E-state index contributed by atoms with van der Waals surface area (Å²) < 4.78 is 0. The van der Waals surface area contributed by atoms with Gasteiger partial charge in [0.2, 0.25) is 5.91 Å². The molecule has 3 heteroatoms. The van der Waals surface area contributed by atoms with Gasteiger partial charge in [-0.1, -0.05) is 54.6 Å². The van der Waals surface area contributed by atoms with Crippen LogP contribution in [0.15, 0.2) is 54.6 Å². The van der Waals surface area contributed by atoms with Gasteiger partial charge < -0.3 is 10.0 Å². The fourth-order valence-corrected chi connectivity index (χ4v) is 3.78. The van der Waals surface area contributed by atoms with Crippen molar-refractivity contribution < 1.29 is 9.90 Å². The average molecular weight is 337 g/mol. The van der Waals surface area contributed by atoms with Crippen LogP contribution >= 0.6 is 0 Å². The number of carbonyl (C=O) groups is 1. The zero-order valence-electron chi connectivity index (χ0n) is 14.9. The Morgan fingerprint density at radius 3 is 2.64 bits per heavy atom. The molecule has 25 heavy (non-hydrogen) atoms. The van der Waals surface area contributed by atoms with Gasteiger partial charge in [-0.25, -0.2) is 0 Å². The molecule has 132 valence electrons. The van der Waals surface area contributed by atoms with Crippen LogP contribution in [-0.4, -0.2) is 28.6 Å². The second-order valence-electron chi connectivity index (χ2n) is 7.10. The Morgan fingerprint density at radius 2 is 1.88 bits per heavy atom. The Kier molecular flexibility index (Phi) is 5.87. The van der Waals surface area contributed by atoms with Gasteiger partial charge in [-0.3, -0.25) is 4.79 Å². The lowest BCUT2D eigenvalue weighted by Gasteiger charge is -2.29. The molecule has 0 fully saturated rings.